The highest BCUT2D eigenvalue weighted by atomic mass is 16.6. The summed E-state index contributed by atoms with van der Waals surface area (Å²) in [7, 11) is 0. The standard InChI is InChI=1S/C22H26N4O5/c1-21(2,3)25-22(4,28)13-31-19-9-8-14(26(29)30)12-16(19)20(27)24-18-7-5-6-17-15(18)10-11-23-17/h5-12,23,25,28H,13H2,1-4H3,(H,24,27). The van der Waals surface area contributed by atoms with Gasteiger partial charge in [0.15, 0.2) is 0 Å². The number of rotatable bonds is 7. The molecule has 0 bridgehead atoms. The van der Waals surface area contributed by atoms with E-state index in [4.69, 9.17) is 4.74 Å². The highest BCUT2D eigenvalue weighted by Gasteiger charge is 2.28. The Morgan fingerprint density at radius 3 is 2.61 bits per heavy atom. The fourth-order valence-electron chi connectivity index (χ4n) is 3.38. The van der Waals surface area contributed by atoms with E-state index in [1.54, 1.807) is 25.3 Å². The molecule has 0 saturated heterocycles. The molecule has 1 atom stereocenters. The molecular weight excluding hydrogens is 400 g/mol. The zero-order valence-electron chi connectivity index (χ0n) is 17.9. The maximum Gasteiger partial charge on any atom is 0.270 e. The topological polar surface area (TPSA) is 130 Å². The summed E-state index contributed by atoms with van der Waals surface area (Å²) < 4.78 is 5.71. The first-order chi connectivity index (χ1) is 14.5. The Morgan fingerprint density at radius 2 is 1.94 bits per heavy atom. The first-order valence-electron chi connectivity index (χ1n) is 9.76. The van der Waals surface area contributed by atoms with E-state index in [-0.39, 0.29) is 29.1 Å². The number of aliphatic hydroxyl groups is 1. The van der Waals surface area contributed by atoms with E-state index in [1.807, 2.05) is 32.9 Å². The second-order valence-electron chi connectivity index (χ2n) is 8.57. The Morgan fingerprint density at radius 1 is 1.19 bits per heavy atom. The lowest BCUT2D eigenvalue weighted by Crippen LogP contribution is -2.55. The molecule has 1 heterocycles. The number of carbonyl (C=O) groups is 1. The molecule has 3 rings (SSSR count). The number of ether oxygens (including phenoxy) is 1. The number of fused-ring (bicyclic) bond motifs is 1. The van der Waals surface area contributed by atoms with Crippen LogP contribution in [0.25, 0.3) is 10.9 Å². The van der Waals surface area contributed by atoms with E-state index >= 15 is 0 Å². The Bertz CT molecular complexity index is 1110. The van der Waals surface area contributed by atoms with Gasteiger partial charge in [0, 0.05) is 34.8 Å². The largest absolute Gasteiger partial charge is 0.488 e. The molecule has 0 saturated carbocycles. The van der Waals surface area contributed by atoms with Gasteiger partial charge in [-0.2, -0.15) is 0 Å². The van der Waals surface area contributed by atoms with Crippen molar-refractivity contribution in [3.05, 3.63) is 64.3 Å². The lowest BCUT2D eigenvalue weighted by Gasteiger charge is -2.33. The van der Waals surface area contributed by atoms with E-state index in [2.05, 4.69) is 15.6 Å². The summed E-state index contributed by atoms with van der Waals surface area (Å²) in [6.07, 6.45) is 1.76. The van der Waals surface area contributed by atoms with Gasteiger partial charge in [-0.15, -0.1) is 0 Å². The van der Waals surface area contributed by atoms with E-state index < -0.39 is 16.6 Å². The smallest absolute Gasteiger partial charge is 0.270 e. The summed E-state index contributed by atoms with van der Waals surface area (Å²) in [5.41, 5.74) is -0.604. The fourth-order valence-corrected chi connectivity index (χ4v) is 3.38. The van der Waals surface area contributed by atoms with Crippen LogP contribution in [0.5, 0.6) is 5.75 Å². The molecular formula is C22H26N4O5. The summed E-state index contributed by atoms with van der Waals surface area (Å²) in [5, 5.41) is 28.4. The second-order valence-corrected chi connectivity index (χ2v) is 8.57. The molecule has 1 amide bonds. The number of carbonyl (C=O) groups excluding carboxylic acids is 1. The molecule has 0 aliphatic carbocycles. The number of aromatic nitrogens is 1. The van der Waals surface area contributed by atoms with Crippen LogP contribution in [0.4, 0.5) is 11.4 Å². The van der Waals surface area contributed by atoms with E-state index in [0.29, 0.717) is 5.69 Å². The van der Waals surface area contributed by atoms with Gasteiger partial charge in [-0.25, -0.2) is 0 Å². The monoisotopic (exact) mass is 426 g/mol. The van der Waals surface area contributed by atoms with Crippen molar-refractivity contribution in [2.24, 2.45) is 0 Å². The van der Waals surface area contributed by atoms with Crippen LogP contribution in [0, 0.1) is 10.1 Å². The van der Waals surface area contributed by atoms with Crippen molar-refractivity contribution in [3.63, 3.8) is 0 Å². The molecule has 9 nitrogen and oxygen atoms in total. The van der Waals surface area contributed by atoms with Gasteiger partial charge < -0.3 is 20.1 Å². The first kappa shape index (κ1) is 22.3. The molecule has 4 N–H and O–H groups in total. The third-order valence-electron chi connectivity index (χ3n) is 4.41. The van der Waals surface area contributed by atoms with Crippen LogP contribution in [0.1, 0.15) is 38.1 Å². The Hall–Kier alpha value is -3.43. The zero-order valence-corrected chi connectivity index (χ0v) is 17.9. The molecule has 0 aliphatic rings. The minimum Gasteiger partial charge on any atom is -0.488 e. The van der Waals surface area contributed by atoms with Gasteiger partial charge in [0.05, 0.1) is 16.2 Å². The van der Waals surface area contributed by atoms with Gasteiger partial charge in [0.25, 0.3) is 11.6 Å². The molecule has 2 aromatic carbocycles. The van der Waals surface area contributed by atoms with Gasteiger partial charge in [-0.3, -0.25) is 20.2 Å². The van der Waals surface area contributed by atoms with Gasteiger partial charge in [0.1, 0.15) is 18.1 Å². The SMILES string of the molecule is CC(C)(C)NC(C)(O)COc1ccc([N+](=O)[O-])cc1C(=O)Nc1cccc2[nH]ccc12. The molecule has 0 fully saturated rings. The number of nitro benzene ring substituents is 1. The number of benzene rings is 2. The number of nitrogens with zero attached hydrogens (tertiary/aromatic N) is 1. The van der Waals surface area contributed by atoms with Crippen LogP contribution in [-0.4, -0.2) is 38.8 Å². The highest BCUT2D eigenvalue weighted by molar-refractivity contribution is 6.10. The third-order valence-corrected chi connectivity index (χ3v) is 4.41. The maximum absolute atomic E-state index is 13.0. The number of hydrogen-bond acceptors (Lipinski definition) is 6. The van der Waals surface area contributed by atoms with Crippen LogP contribution in [0.15, 0.2) is 48.7 Å². The second kappa shape index (κ2) is 8.37. The molecule has 1 unspecified atom stereocenters. The van der Waals surface area contributed by atoms with E-state index in [9.17, 15) is 20.0 Å². The lowest BCUT2D eigenvalue weighted by atomic mass is 10.1. The summed E-state index contributed by atoms with van der Waals surface area (Å²) >= 11 is 0. The predicted molar refractivity (Wildman–Crippen MR) is 118 cm³/mol. The van der Waals surface area contributed by atoms with Crippen LogP contribution in [0.3, 0.4) is 0 Å². The number of anilines is 1. The van der Waals surface area contributed by atoms with Crippen molar-refractivity contribution in [1.82, 2.24) is 10.3 Å². The quantitative estimate of drug-likeness (QED) is 0.258. The minimum atomic E-state index is -1.38. The van der Waals surface area contributed by atoms with Crippen molar-refractivity contribution in [3.8, 4) is 5.75 Å². The Labute approximate surface area is 179 Å². The van der Waals surface area contributed by atoms with Crippen LogP contribution in [-0.2, 0) is 0 Å². The maximum atomic E-state index is 13.0. The van der Waals surface area contributed by atoms with Crippen molar-refractivity contribution in [1.29, 1.82) is 0 Å². The van der Waals surface area contributed by atoms with Gasteiger partial charge in [-0.1, -0.05) is 6.07 Å². The van der Waals surface area contributed by atoms with E-state index in [1.165, 1.54) is 12.1 Å². The molecule has 1 aromatic heterocycles. The summed E-state index contributed by atoms with van der Waals surface area (Å²) in [6, 6.07) is 11.0. The lowest BCUT2D eigenvalue weighted by molar-refractivity contribution is -0.384. The normalized spacial score (nSPS) is 13.6. The Balaban J connectivity index is 1.88. The average Bonchev–Trinajstić information content (AvgIpc) is 3.14. The van der Waals surface area contributed by atoms with Crippen molar-refractivity contribution >= 4 is 28.2 Å². The summed E-state index contributed by atoms with van der Waals surface area (Å²) in [6.45, 7) is 7.07. The number of non-ortho nitro benzene ring substituents is 1. The van der Waals surface area contributed by atoms with E-state index in [0.717, 1.165) is 17.0 Å². The summed E-state index contributed by atoms with van der Waals surface area (Å²) in [4.78, 5) is 26.7. The van der Waals surface area contributed by atoms with Crippen LogP contribution >= 0.6 is 0 Å². The first-order valence-corrected chi connectivity index (χ1v) is 9.76. The number of nitro groups is 1. The van der Waals surface area contributed by atoms with Crippen molar-refractivity contribution < 1.29 is 19.6 Å². The average molecular weight is 426 g/mol. The molecule has 31 heavy (non-hydrogen) atoms. The van der Waals surface area contributed by atoms with Gasteiger partial charge in [-0.05, 0) is 52.0 Å². The number of nitrogens with one attached hydrogen (secondary N) is 3. The number of aromatic amines is 1. The zero-order chi connectivity index (χ0) is 22.8. The van der Waals surface area contributed by atoms with Gasteiger partial charge >= 0.3 is 0 Å². The number of H-pyrrole nitrogens is 1. The highest BCUT2D eigenvalue weighted by Crippen LogP contribution is 2.28. The summed E-state index contributed by atoms with van der Waals surface area (Å²) in [5.74, 6) is -0.434. The number of amides is 1. The molecule has 164 valence electrons. The predicted octanol–water partition coefficient (Wildman–Crippen LogP) is 3.80. The van der Waals surface area contributed by atoms with Crippen molar-refractivity contribution in [2.75, 3.05) is 11.9 Å². The molecule has 0 aliphatic heterocycles. The minimum absolute atomic E-state index is 0.00621. The molecule has 9 heteroatoms. The fraction of sp³-hybridized carbons (Fsp3) is 0.318. The van der Waals surface area contributed by atoms with Crippen molar-refractivity contribution in [2.45, 2.75) is 39.0 Å². The van der Waals surface area contributed by atoms with Crippen LogP contribution < -0.4 is 15.4 Å². The number of hydrogen-bond donors (Lipinski definition) is 4. The molecule has 0 spiro atoms. The molecule has 0 radical (unpaired) electrons. The molecule has 3 aromatic rings. The third kappa shape index (κ3) is 5.59. The Kier molecular flexibility index (Phi) is 6.01. The van der Waals surface area contributed by atoms with Gasteiger partial charge in [0.2, 0.25) is 0 Å². The van der Waals surface area contributed by atoms with Crippen LogP contribution in [0.2, 0.25) is 0 Å².